The van der Waals surface area contributed by atoms with Crippen molar-refractivity contribution in [3.05, 3.63) is 15.9 Å². The third kappa shape index (κ3) is 2.61. The molecule has 0 aliphatic rings. The zero-order chi connectivity index (χ0) is 13.3. The highest BCUT2D eigenvalue weighted by Gasteiger charge is 2.24. The average Bonchev–Trinajstić information content (AvgIpc) is 2.84. The first kappa shape index (κ1) is 14.0. The van der Waals surface area contributed by atoms with E-state index in [-0.39, 0.29) is 5.16 Å². The van der Waals surface area contributed by atoms with Gasteiger partial charge in [0.2, 0.25) is 0 Å². The van der Waals surface area contributed by atoms with Crippen LogP contribution in [0.15, 0.2) is 21.1 Å². The van der Waals surface area contributed by atoms with Crippen LogP contribution in [0.2, 0.25) is 0 Å². The highest BCUT2D eigenvalue weighted by atomic mass is 79.9. The maximum absolute atomic E-state index is 11.4. The molecule has 0 saturated carbocycles. The Morgan fingerprint density at radius 3 is 2.72 bits per heavy atom. The number of thiophene rings is 1. The third-order valence-corrected chi connectivity index (χ3v) is 5.19. The van der Waals surface area contributed by atoms with Gasteiger partial charge in [-0.05, 0) is 33.8 Å². The number of aromatic nitrogens is 3. The lowest BCUT2D eigenvalue weighted by molar-refractivity contribution is 0.570. The van der Waals surface area contributed by atoms with Gasteiger partial charge in [0.15, 0.2) is 5.82 Å². The van der Waals surface area contributed by atoms with Crippen molar-refractivity contribution in [1.29, 1.82) is 0 Å². The first-order valence-corrected chi connectivity index (χ1v) is 9.04. The van der Waals surface area contributed by atoms with E-state index >= 15 is 0 Å². The van der Waals surface area contributed by atoms with Gasteiger partial charge in [0.25, 0.3) is 14.2 Å². The summed E-state index contributed by atoms with van der Waals surface area (Å²) in [6.07, 6.45) is 0.757. The van der Waals surface area contributed by atoms with E-state index in [0.29, 0.717) is 12.4 Å². The van der Waals surface area contributed by atoms with Gasteiger partial charge in [0, 0.05) is 21.7 Å². The quantitative estimate of drug-likeness (QED) is 0.776. The third-order valence-electron chi connectivity index (χ3n) is 2.20. The molecule has 0 aromatic carbocycles. The predicted octanol–water partition coefficient (Wildman–Crippen LogP) is 3.11. The van der Waals surface area contributed by atoms with Crippen LogP contribution in [0.5, 0.6) is 0 Å². The van der Waals surface area contributed by atoms with Crippen LogP contribution in [0.25, 0.3) is 10.7 Å². The van der Waals surface area contributed by atoms with Crippen molar-refractivity contribution in [3.63, 3.8) is 0 Å². The summed E-state index contributed by atoms with van der Waals surface area (Å²) in [5.41, 5.74) is 0. The molecule has 0 unspecified atom stereocenters. The van der Waals surface area contributed by atoms with Crippen LogP contribution < -0.4 is 0 Å². The SMILES string of the molecule is CCCn1c(-c2sccc2Br)nnc1S(=O)(=O)Cl. The maximum Gasteiger partial charge on any atom is 0.296 e. The normalized spacial score (nSPS) is 11.9. The second kappa shape index (κ2) is 5.28. The van der Waals surface area contributed by atoms with Gasteiger partial charge >= 0.3 is 0 Å². The fourth-order valence-electron chi connectivity index (χ4n) is 1.52. The summed E-state index contributed by atoms with van der Waals surface area (Å²) in [6, 6.07) is 1.87. The summed E-state index contributed by atoms with van der Waals surface area (Å²) in [5.74, 6) is 0.512. The fourth-order valence-corrected chi connectivity index (χ4v) is 3.98. The largest absolute Gasteiger partial charge is 0.296 e. The van der Waals surface area contributed by atoms with Gasteiger partial charge in [-0.15, -0.1) is 21.5 Å². The minimum atomic E-state index is -3.89. The lowest BCUT2D eigenvalue weighted by Crippen LogP contribution is -2.07. The molecule has 0 N–H and O–H groups in total. The van der Waals surface area contributed by atoms with Crippen molar-refractivity contribution < 1.29 is 8.42 Å². The highest BCUT2D eigenvalue weighted by molar-refractivity contribution is 9.10. The van der Waals surface area contributed by atoms with E-state index in [9.17, 15) is 8.42 Å². The molecule has 0 atom stereocenters. The van der Waals surface area contributed by atoms with Gasteiger partial charge in [-0.3, -0.25) is 4.57 Å². The number of halogens is 2. The van der Waals surface area contributed by atoms with E-state index in [0.717, 1.165) is 15.8 Å². The second-order valence-corrected chi connectivity index (χ2v) is 7.72. The molecule has 0 amide bonds. The van der Waals surface area contributed by atoms with E-state index < -0.39 is 9.05 Å². The highest BCUT2D eigenvalue weighted by Crippen LogP contribution is 2.33. The molecule has 0 saturated heterocycles. The van der Waals surface area contributed by atoms with Gasteiger partial charge in [-0.1, -0.05) is 6.92 Å². The Morgan fingerprint density at radius 1 is 1.50 bits per heavy atom. The van der Waals surface area contributed by atoms with Crippen LogP contribution in [0.3, 0.4) is 0 Å². The molecule has 0 aliphatic carbocycles. The number of hydrogen-bond acceptors (Lipinski definition) is 5. The lowest BCUT2D eigenvalue weighted by atomic mass is 10.4. The summed E-state index contributed by atoms with van der Waals surface area (Å²) in [6.45, 7) is 2.44. The molecule has 0 bridgehead atoms. The van der Waals surface area contributed by atoms with Crippen LogP contribution in [0.4, 0.5) is 0 Å². The van der Waals surface area contributed by atoms with Crippen molar-refractivity contribution in [1.82, 2.24) is 14.8 Å². The molecular formula is C9H9BrClN3O2S2. The first-order chi connectivity index (χ1) is 8.45. The van der Waals surface area contributed by atoms with Gasteiger partial charge in [-0.2, -0.15) is 0 Å². The standard InChI is InChI=1S/C9H9BrClN3O2S2/c1-2-4-14-8(7-6(10)3-5-17-7)12-13-9(14)18(11,15)16/h3,5H,2,4H2,1H3. The van der Waals surface area contributed by atoms with Crippen molar-refractivity contribution in [2.45, 2.75) is 25.0 Å². The Bertz CT molecular complexity index is 665. The van der Waals surface area contributed by atoms with Crippen LogP contribution in [0, 0.1) is 0 Å². The minimum absolute atomic E-state index is 0.207. The van der Waals surface area contributed by atoms with E-state index in [4.69, 9.17) is 10.7 Å². The van der Waals surface area contributed by atoms with Crippen LogP contribution >= 0.6 is 37.9 Å². The van der Waals surface area contributed by atoms with Crippen molar-refractivity contribution in [2.75, 3.05) is 0 Å². The molecule has 2 aromatic rings. The van der Waals surface area contributed by atoms with Gasteiger partial charge in [0.05, 0.1) is 4.88 Å². The monoisotopic (exact) mass is 369 g/mol. The lowest BCUT2D eigenvalue weighted by Gasteiger charge is -2.06. The molecular weight excluding hydrogens is 362 g/mol. The topological polar surface area (TPSA) is 64.8 Å². The molecule has 98 valence electrons. The Morgan fingerprint density at radius 2 is 2.22 bits per heavy atom. The van der Waals surface area contributed by atoms with Crippen molar-refractivity contribution in [3.8, 4) is 10.7 Å². The second-order valence-electron chi connectivity index (χ2n) is 3.49. The van der Waals surface area contributed by atoms with Crippen LogP contribution in [0.1, 0.15) is 13.3 Å². The summed E-state index contributed by atoms with van der Waals surface area (Å²) in [5, 5.41) is 9.30. The van der Waals surface area contributed by atoms with Crippen molar-refractivity contribution >= 4 is 47.0 Å². The molecule has 5 nitrogen and oxygen atoms in total. The van der Waals surface area contributed by atoms with Gasteiger partial charge < -0.3 is 0 Å². The average molecular weight is 371 g/mol. The summed E-state index contributed by atoms with van der Waals surface area (Å²) >= 11 is 4.85. The summed E-state index contributed by atoms with van der Waals surface area (Å²) < 4.78 is 25.2. The zero-order valence-corrected chi connectivity index (χ0v) is 13.3. The fraction of sp³-hybridized carbons (Fsp3) is 0.333. The smallest absolute Gasteiger partial charge is 0.296 e. The molecule has 2 heterocycles. The number of rotatable bonds is 4. The molecule has 0 fully saturated rings. The zero-order valence-electron chi connectivity index (χ0n) is 9.30. The van der Waals surface area contributed by atoms with E-state index in [1.54, 1.807) is 0 Å². The van der Waals surface area contributed by atoms with Crippen LogP contribution in [-0.4, -0.2) is 23.2 Å². The molecule has 2 aromatic heterocycles. The molecule has 9 heteroatoms. The number of hydrogen-bond donors (Lipinski definition) is 0. The summed E-state index contributed by atoms with van der Waals surface area (Å²) in [7, 11) is 1.47. The maximum atomic E-state index is 11.4. The molecule has 0 radical (unpaired) electrons. The Labute approximate surface area is 121 Å². The Kier molecular flexibility index (Phi) is 4.10. The Hall–Kier alpha value is -0.440. The molecule has 2 rings (SSSR count). The van der Waals surface area contributed by atoms with E-state index in [1.165, 1.54) is 15.9 Å². The summed E-state index contributed by atoms with van der Waals surface area (Å²) in [4.78, 5) is 0.836. The van der Waals surface area contributed by atoms with E-state index in [1.807, 2.05) is 18.4 Å². The molecule has 18 heavy (non-hydrogen) atoms. The van der Waals surface area contributed by atoms with Gasteiger partial charge in [0.1, 0.15) is 0 Å². The Balaban J connectivity index is 2.63. The first-order valence-electron chi connectivity index (χ1n) is 5.06. The van der Waals surface area contributed by atoms with E-state index in [2.05, 4.69) is 26.1 Å². The van der Waals surface area contributed by atoms with Crippen LogP contribution in [-0.2, 0) is 15.6 Å². The molecule has 0 spiro atoms. The number of nitrogens with zero attached hydrogens (tertiary/aromatic N) is 3. The van der Waals surface area contributed by atoms with Gasteiger partial charge in [-0.25, -0.2) is 8.42 Å². The minimum Gasteiger partial charge on any atom is -0.296 e. The predicted molar refractivity (Wildman–Crippen MR) is 74.4 cm³/mol. The van der Waals surface area contributed by atoms with Crippen molar-refractivity contribution in [2.24, 2.45) is 0 Å². The molecule has 0 aliphatic heterocycles.